The van der Waals surface area contributed by atoms with Crippen molar-refractivity contribution < 1.29 is 23.8 Å². The summed E-state index contributed by atoms with van der Waals surface area (Å²) in [7, 11) is 0. The largest absolute Gasteiger partial charge is 0.481 e. The van der Waals surface area contributed by atoms with E-state index in [1.54, 1.807) is 0 Å². The number of carboxylic acid groups (broad SMARTS) is 1. The number of hydrogen-bond donors (Lipinski definition) is 2. The summed E-state index contributed by atoms with van der Waals surface area (Å²) < 4.78 is 11.1. The smallest absolute Gasteiger partial charge is 0.311 e. The molecule has 6 nitrogen and oxygen atoms in total. The maximum atomic E-state index is 12.9. The molecule has 0 saturated carbocycles. The number of furan rings is 1. The fourth-order valence-electron chi connectivity index (χ4n) is 3.26. The van der Waals surface area contributed by atoms with E-state index in [1.165, 1.54) is 0 Å². The van der Waals surface area contributed by atoms with E-state index < -0.39 is 11.4 Å². The molecule has 26 heavy (non-hydrogen) atoms. The molecule has 2 N–H and O–H groups in total. The van der Waals surface area contributed by atoms with E-state index in [9.17, 15) is 14.7 Å². The van der Waals surface area contributed by atoms with Gasteiger partial charge >= 0.3 is 5.97 Å². The summed E-state index contributed by atoms with van der Waals surface area (Å²) >= 11 is 0. The van der Waals surface area contributed by atoms with E-state index in [0.717, 1.165) is 11.1 Å². The summed E-state index contributed by atoms with van der Waals surface area (Å²) in [4.78, 5) is 24.6. The molecule has 0 aliphatic carbocycles. The molecule has 1 saturated heterocycles. The van der Waals surface area contributed by atoms with Gasteiger partial charge in [-0.2, -0.15) is 0 Å². The molecule has 1 aliphatic heterocycles. The normalized spacial score (nSPS) is 16.2. The van der Waals surface area contributed by atoms with Gasteiger partial charge in [0.1, 0.15) is 11.5 Å². The summed E-state index contributed by atoms with van der Waals surface area (Å²) in [6, 6.07) is 9.42. The lowest BCUT2D eigenvalue weighted by Crippen LogP contribution is -2.46. The topological polar surface area (TPSA) is 88.8 Å². The molecule has 1 fully saturated rings. The second-order valence-corrected chi connectivity index (χ2v) is 6.73. The van der Waals surface area contributed by atoms with Crippen molar-refractivity contribution in [1.29, 1.82) is 0 Å². The van der Waals surface area contributed by atoms with E-state index in [1.807, 2.05) is 44.2 Å². The van der Waals surface area contributed by atoms with Gasteiger partial charge in [0.2, 0.25) is 0 Å². The molecule has 1 amide bonds. The molecule has 6 heteroatoms. The van der Waals surface area contributed by atoms with Crippen LogP contribution in [0.15, 0.2) is 34.7 Å². The van der Waals surface area contributed by atoms with E-state index in [0.29, 0.717) is 43.1 Å². The number of hydrogen-bond acceptors (Lipinski definition) is 4. The first-order chi connectivity index (χ1) is 12.4. The minimum Gasteiger partial charge on any atom is -0.481 e. The van der Waals surface area contributed by atoms with Crippen LogP contribution < -0.4 is 5.32 Å². The SMILES string of the molecule is Cc1oc(-c2ccccc2)c(C(=O)NCC2(C(=O)O)CCOCC2)c1C. The van der Waals surface area contributed by atoms with E-state index >= 15 is 0 Å². The fourth-order valence-corrected chi connectivity index (χ4v) is 3.26. The van der Waals surface area contributed by atoms with Crippen molar-refractivity contribution in [1.82, 2.24) is 5.32 Å². The molecule has 1 aromatic carbocycles. The van der Waals surface area contributed by atoms with Crippen molar-refractivity contribution in [3.05, 3.63) is 47.2 Å². The molecular weight excluding hydrogens is 334 g/mol. The minimum atomic E-state index is -0.979. The van der Waals surface area contributed by atoms with E-state index in [-0.39, 0.29) is 12.5 Å². The van der Waals surface area contributed by atoms with Crippen LogP contribution in [0, 0.1) is 19.3 Å². The quantitative estimate of drug-likeness (QED) is 0.858. The van der Waals surface area contributed by atoms with Crippen molar-refractivity contribution in [2.24, 2.45) is 5.41 Å². The van der Waals surface area contributed by atoms with Crippen molar-refractivity contribution in [3.63, 3.8) is 0 Å². The van der Waals surface area contributed by atoms with Gasteiger partial charge in [-0.3, -0.25) is 9.59 Å². The number of nitrogens with one attached hydrogen (secondary N) is 1. The lowest BCUT2D eigenvalue weighted by Gasteiger charge is -2.33. The van der Waals surface area contributed by atoms with Crippen LogP contribution in [0.5, 0.6) is 0 Å². The number of amides is 1. The van der Waals surface area contributed by atoms with E-state index in [4.69, 9.17) is 9.15 Å². The number of aryl methyl sites for hydroxylation is 1. The Morgan fingerprint density at radius 2 is 1.81 bits per heavy atom. The number of aliphatic carboxylic acids is 1. The Kier molecular flexibility index (Phi) is 5.13. The van der Waals surface area contributed by atoms with Gasteiger partial charge in [-0.15, -0.1) is 0 Å². The highest BCUT2D eigenvalue weighted by atomic mass is 16.5. The summed E-state index contributed by atoms with van der Waals surface area (Å²) in [6.45, 7) is 4.50. The zero-order chi connectivity index (χ0) is 18.7. The van der Waals surface area contributed by atoms with Crippen LogP contribution in [-0.4, -0.2) is 36.7 Å². The predicted molar refractivity (Wildman–Crippen MR) is 96.1 cm³/mol. The Hall–Kier alpha value is -2.60. The Bertz CT molecular complexity index is 803. The third kappa shape index (κ3) is 3.37. The molecule has 1 aliphatic rings. The summed E-state index contributed by atoms with van der Waals surface area (Å²) in [5.74, 6) is -0.0303. The third-order valence-electron chi connectivity index (χ3n) is 5.14. The van der Waals surface area contributed by atoms with E-state index in [2.05, 4.69) is 5.32 Å². The number of carboxylic acids is 1. The van der Waals surface area contributed by atoms with Crippen molar-refractivity contribution in [3.8, 4) is 11.3 Å². The Morgan fingerprint density at radius 3 is 2.42 bits per heavy atom. The van der Waals surface area contributed by atoms with Gasteiger partial charge in [-0.25, -0.2) is 0 Å². The van der Waals surface area contributed by atoms with Gasteiger partial charge in [0.05, 0.1) is 11.0 Å². The molecule has 0 atom stereocenters. The van der Waals surface area contributed by atoms with Crippen LogP contribution in [-0.2, 0) is 9.53 Å². The first-order valence-corrected chi connectivity index (χ1v) is 8.69. The van der Waals surface area contributed by atoms with Gasteiger partial charge in [0.15, 0.2) is 0 Å². The minimum absolute atomic E-state index is 0.0718. The number of carbonyl (C=O) groups is 2. The first kappa shape index (κ1) is 18.2. The molecular formula is C20H23NO5. The molecule has 2 heterocycles. The van der Waals surface area contributed by atoms with Crippen molar-refractivity contribution in [2.75, 3.05) is 19.8 Å². The van der Waals surface area contributed by atoms with Gasteiger partial charge in [-0.1, -0.05) is 30.3 Å². The number of benzene rings is 1. The van der Waals surface area contributed by atoms with Gasteiger partial charge < -0.3 is 19.6 Å². The average molecular weight is 357 g/mol. The number of rotatable bonds is 5. The number of ether oxygens (including phenoxy) is 1. The Labute approximate surface area is 152 Å². The highest BCUT2D eigenvalue weighted by Gasteiger charge is 2.40. The lowest BCUT2D eigenvalue weighted by molar-refractivity contribution is -0.154. The summed E-state index contributed by atoms with van der Waals surface area (Å²) in [5, 5.41) is 12.5. The van der Waals surface area contributed by atoms with Crippen LogP contribution >= 0.6 is 0 Å². The van der Waals surface area contributed by atoms with Crippen LogP contribution in [0.2, 0.25) is 0 Å². The van der Waals surface area contributed by atoms with Crippen LogP contribution in [0.4, 0.5) is 0 Å². The highest BCUT2D eigenvalue weighted by Crippen LogP contribution is 2.33. The van der Waals surface area contributed by atoms with Crippen LogP contribution in [0.1, 0.15) is 34.5 Å². The van der Waals surface area contributed by atoms with Crippen LogP contribution in [0.3, 0.4) is 0 Å². The van der Waals surface area contributed by atoms with Gasteiger partial charge in [-0.05, 0) is 26.7 Å². The molecule has 138 valence electrons. The molecule has 0 unspecified atom stereocenters. The second kappa shape index (κ2) is 7.33. The monoisotopic (exact) mass is 357 g/mol. The Balaban J connectivity index is 1.85. The third-order valence-corrected chi connectivity index (χ3v) is 5.14. The highest BCUT2D eigenvalue weighted by molar-refractivity contribution is 6.01. The van der Waals surface area contributed by atoms with Crippen molar-refractivity contribution in [2.45, 2.75) is 26.7 Å². The molecule has 3 rings (SSSR count). The van der Waals surface area contributed by atoms with Crippen molar-refractivity contribution >= 4 is 11.9 Å². The molecule has 0 radical (unpaired) electrons. The van der Waals surface area contributed by atoms with Gasteiger partial charge in [0.25, 0.3) is 5.91 Å². The zero-order valence-corrected chi connectivity index (χ0v) is 15.0. The summed E-state index contributed by atoms with van der Waals surface area (Å²) in [5.41, 5.74) is 1.06. The standard InChI is InChI=1S/C20H23NO5/c1-13-14(2)26-17(15-6-4-3-5-7-15)16(13)18(22)21-12-20(19(23)24)8-10-25-11-9-20/h3-7H,8-12H2,1-2H3,(H,21,22)(H,23,24). The predicted octanol–water partition coefficient (Wildman–Crippen LogP) is 3.17. The van der Waals surface area contributed by atoms with Gasteiger partial charge in [0, 0.05) is 30.9 Å². The molecule has 1 aromatic heterocycles. The fraction of sp³-hybridized carbons (Fsp3) is 0.400. The number of carbonyl (C=O) groups excluding carboxylic acids is 1. The average Bonchev–Trinajstić information content (AvgIpc) is 2.96. The summed E-state index contributed by atoms with van der Waals surface area (Å²) in [6.07, 6.45) is 0.773. The lowest BCUT2D eigenvalue weighted by atomic mass is 9.80. The maximum Gasteiger partial charge on any atom is 0.311 e. The van der Waals surface area contributed by atoms with Crippen LogP contribution in [0.25, 0.3) is 11.3 Å². The second-order valence-electron chi connectivity index (χ2n) is 6.73. The zero-order valence-electron chi connectivity index (χ0n) is 15.0. The maximum absolute atomic E-state index is 12.9. The molecule has 2 aromatic rings. The molecule has 0 spiro atoms. The first-order valence-electron chi connectivity index (χ1n) is 8.69. The Morgan fingerprint density at radius 1 is 1.15 bits per heavy atom. The molecule has 0 bridgehead atoms.